The van der Waals surface area contributed by atoms with Crippen molar-refractivity contribution in [3.05, 3.63) is 109 Å². The Balaban J connectivity index is 0. The van der Waals surface area contributed by atoms with Gasteiger partial charge in [0.25, 0.3) is 0 Å². The zero-order chi connectivity index (χ0) is 20.7. The van der Waals surface area contributed by atoms with E-state index in [1.165, 1.54) is 12.5 Å². The third-order valence-electron chi connectivity index (χ3n) is 3.34. The summed E-state index contributed by atoms with van der Waals surface area (Å²) >= 11 is 0. The molecule has 0 fully saturated rings. The average Bonchev–Trinajstić information content (AvgIpc) is 2.62. The van der Waals surface area contributed by atoms with Crippen LogP contribution in [0.4, 0.5) is 4.39 Å². The molecule has 0 aliphatic rings. The van der Waals surface area contributed by atoms with Gasteiger partial charge in [0.05, 0.1) is 0 Å². The van der Waals surface area contributed by atoms with Crippen molar-refractivity contribution in [1.82, 2.24) is 0 Å². The molecule has 0 saturated carbocycles. The van der Waals surface area contributed by atoms with Gasteiger partial charge in [-0.25, -0.2) is 4.39 Å². The molecule has 0 aromatic heterocycles. The molecule has 0 N–H and O–H groups in total. The fraction of sp³-hybridized carbons (Fsp3) is 0.280. The Bertz CT molecular complexity index is 633. The van der Waals surface area contributed by atoms with Gasteiger partial charge in [-0.05, 0) is 35.6 Å². The normalized spacial score (nSPS) is 11.0. The summed E-state index contributed by atoms with van der Waals surface area (Å²) in [7, 11) is 0. The largest absolute Gasteiger partial charge is 0.206 e. The molecule has 0 atom stereocenters. The van der Waals surface area contributed by atoms with E-state index >= 15 is 0 Å². The van der Waals surface area contributed by atoms with Crippen LogP contribution in [0.15, 0.2) is 109 Å². The fourth-order valence-electron chi connectivity index (χ4n) is 1.37. The van der Waals surface area contributed by atoms with Crippen LogP contribution in [0.1, 0.15) is 47.0 Å². The van der Waals surface area contributed by atoms with Gasteiger partial charge in [0.2, 0.25) is 0 Å². The molecule has 0 nitrogen and oxygen atoms in total. The Kier molecular flexibility index (Phi) is 14.8. The second kappa shape index (κ2) is 14.9. The number of hydrogen-bond donors (Lipinski definition) is 0. The van der Waals surface area contributed by atoms with E-state index in [2.05, 4.69) is 53.3 Å². The average molecular weight is 355 g/mol. The van der Waals surface area contributed by atoms with E-state index in [-0.39, 0.29) is 5.57 Å². The van der Waals surface area contributed by atoms with Crippen LogP contribution < -0.4 is 0 Å². The van der Waals surface area contributed by atoms with Gasteiger partial charge in [0.1, 0.15) is 5.83 Å². The van der Waals surface area contributed by atoms with E-state index in [9.17, 15) is 4.39 Å². The molecule has 0 aliphatic heterocycles. The molecule has 0 heterocycles. The van der Waals surface area contributed by atoms with Crippen molar-refractivity contribution >= 4 is 0 Å². The maximum Gasteiger partial charge on any atom is 0.131 e. The van der Waals surface area contributed by atoms with Crippen LogP contribution in [0.25, 0.3) is 0 Å². The Morgan fingerprint density at radius 2 is 1.04 bits per heavy atom. The van der Waals surface area contributed by atoms with Crippen molar-refractivity contribution in [3.8, 4) is 0 Å². The standard InChI is InChI=1S/C22H27F.C3H8/c1-9-16(3)11-13-18(5)20(7)15-22(23)21(8)19(6)14-12-17(4)10-2;1-3-2/h11-15H,3-10H2,1-2H3;3H2,1-2H3/b13-11-,14-12-,22-15+;. The van der Waals surface area contributed by atoms with Crippen LogP contribution in [0.3, 0.4) is 0 Å². The molecule has 0 aliphatic carbocycles. The monoisotopic (exact) mass is 354 g/mol. The van der Waals surface area contributed by atoms with Crippen LogP contribution in [-0.4, -0.2) is 0 Å². The van der Waals surface area contributed by atoms with Gasteiger partial charge < -0.3 is 0 Å². The van der Waals surface area contributed by atoms with Gasteiger partial charge in [-0.3, -0.25) is 0 Å². The molecule has 26 heavy (non-hydrogen) atoms. The lowest BCUT2D eigenvalue weighted by Gasteiger charge is -2.05. The van der Waals surface area contributed by atoms with Crippen LogP contribution in [-0.2, 0) is 0 Å². The lowest BCUT2D eigenvalue weighted by molar-refractivity contribution is 0.655. The van der Waals surface area contributed by atoms with E-state index in [0.717, 1.165) is 24.0 Å². The molecule has 0 spiro atoms. The van der Waals surface area contributed by atoms with Crippen molar-refractivity contribution in [1.29, 1.82) is 0 Å². The first kappa shape index (κ1) is 25.8. The highest BCUT2D eigenvalue weighted by Gasteiger charge is 2.05. The minimum Gasteiger partial charge on any atom is -0.206 e. The zero-order valence-corrected chi connectivity index (χ0v) is 17.1. The van der Waals surface area contributed by atoms with E-state index in [0.29, 0.717) is 16.7 Å². The van der Waals surface area contributed by atoms with Crippen molar-refractivity contribution in [3.63, 3.8) is 0 Å². The highest BCUT2D eigenvalue weighted by Crippen LogP contribution is 2.22. The molecule has 142 valence electrons. The predicted octanol–water partition coefficient (Wildman–Crippen LogP) is 8.53. The fourth-order valence-corrected chi connectivity index (χ4v) is 1.37. The smallest absolute Gasteiger partial charge is 0.131 e. The van der Waals surface area contributed by atoms with Gasteiger partial charge in [-0.15, -0.1) is 0 Å². The highest BCUT2D eigenvalue weighted by atomic mass is 19.1. The molecule has 0 bridgehead atoms. The quantitative estimate of drug-likeness (QED) is 0.345. The molecular formula is C25H35F. The SMILES string of the molecule is C=C(/C=C\C(=C)C(=C)/C=C(/F)C(=C)C(=C)/C=C\C(=C)CC)CC.CCC. The van der Waals surface area contributed by atoms with Crippen LogP contribution in [0.5, 0.6) is 0 Å². The molecule has 0 aromatic rings. The maximum absolute atomic E-state index is 14.2. The molecule has 0 rings (SSSR count). The van der Waals surface area contributed by atoms with Gasteiger partial charge in [0.15, 0.2) is 0 Å². The summed E-state index contributed by atoms with van der Waals surface area (Å²) < 4.78 is 14.2. The lowest BCUT2D eigenvalue weighted by Crippen LogP contribution is -1.88. The lowest BCUT2D eigenvalue weighted by atomic mass is 10.0. The molecule has 0 aromatic carbocycles. The topological polar surface area (TPSA) is 0 Å². The van der Waals surface area contributed by atoms with E-state index in [1.54, 1.807) is 12.2 Å². The third kappa shape index (κ3) is 12.0. The van der Waals surface area contributed by atoms with Crippen LogP contribution in [0.2, 0.25) is 0 Å². The molecule has 0 amide bonds. The summed E-state index contributed by atoms with van der Waals surface area (Å²) in [6.07, 6.45) is 11.4. The van der Waals surface area contributed by atoms with Crippen molar-refractivity contribution < 1.29 is 4.39 Å². The first-order valence-electron chi connectivity index (χ1n) is 8.99. The van der Waals surface area contributed by atoms with Crippen molar-refractivity contribution in [2.45, 2.75) is 47.0 Å². The summed E-state index contributed by atoms with van der Waals surface area (Å²) in [6.45, 7) is 31.2. The second-order valence-corrected chi connectivity index (χ2v) is 5.94. The molecule has 0 radical (unpaired) electrons. The Morgan fingerprint density at radius 3 is 1.42 bits per heavy atom. The Hall–Kier alpha value is -2.41. The van der Waals surface area contributed by atoms with Gasteiger partial charge >= 0.3 is 0 Å². The molecule has 1 heteroatoms. The molecular weight excluding hydrogens is 319 g/mol. The summed E-state index contributed by atoms with van der Waals surface area (Å²) in [5.74, 6) is -0.476. The zero-order valence-electron chi connectivity index (χ0n) is 17.1. The van der Waals surface area contributed by atoms with E-state index in [4.69, 9.17) is 0 Å². The first-order chi connectivity index (χ1) is 12.1. The van der Waals surface area contributed by atoms with Crippen molar-refractivity contribution in [2.75, 3.05) is 0 Å². The number of hydrogen-bond acceptors (Lipinski definition) is 0. The number of allylic oxidation sites excluding steroid dienone is 12. The highest BCUT2D eigenvalue weighted by molar-refractivity contribution is 5.52. The Morgan fingerprint density at radius 1 is 0.654 bits per heavy atom. The number of halogens is 1. The predicted molar refractivity (Wildman–Crippen MR) is 119 cm³/mol. The van der Waals surface area contributed by atoms with Gasteiger partial charge in [-0.2, -0.15) is 0 Å². The molecule has 0 saturated heterocycles. The van der Waals surface area contributed by atoms with E-state index in [1.807, 2.05) is 26.0 Å². The summed E-state index contributed by atoms with van der Waals surface area (Å²) in [5.41, 5.74) is 3.76. The van der Waals surface area contributed by atoms with Gasteiger partial charge in [0, 0.05) is 5.57 Å². The van der Waals surface area contributed by atoms with Gasteiger partial charge in [-0.1, -0.05) is 109 Å². The summed E-state index contributed by atoms with van der Waals surface area (Å²) in [4.78, 5) is 0. The maximum atomic E-state index is 14.2. The first-order valence-corrected chi connectivity index (χ1v) is 8.99. The second-order valence-electron chi connectivity index (χ2n) is 5.94. The number of rotatable bonds is 10. The minimum atomic E-state index is -0.476. The summed E-state index contributed by atoms with van der Waals surface area (Å²) in [6, 6.07) is 0. The van der Waals surface area contributed by atoms with E-state index < -0.39 is 5.83 Å². The Labute approximate surface area is 160 Å². The molecule has 0 unspecified atom stereocenters. The van der Waals surface area contributed by atoms with Crippen LogP contribution in [0, 0.1) is 0 Å². The van der Waals surface area contributed by atoms with Crippen LogP contribution >= 0.6 is 0 Å². The summed E-state index contributed by atoms with van der Waals surface area (Å²) in [5, 5.41) is 0. The van der Waals surface area contributed by atoms with Crippen molar-refractivity contribution in [2.24, 2.45) is 0 Å². The minimum absolute atomic E-state index is 0.223. The third-order valence-corrected chi connectivity index (χ3v) is 3.34.